The molecular formula is C48H44N2O6. The molecule has 8 heteroatoms. The Kier molecular flexibility index (Phi) is 9.62. The van der Waals surface area contributed by atoms with Crippen molar-refractivity contribution in [2.45, 2.75) is 66.2 Å². The van der Waals surface area contributed by atoms with E-state index in [0.29, 0.717) is 22.9 Å². The summed E-state index contributed by atoms with van der Waals surface area (Å²) in [5.41, 5.74) is 9.18. The van der Waals surface area contributed by atoms with E-state index in [1.54, 1.807) is 48.5 Å². The van der Waals surface area contributed by atoms with Crippen molar-refractivity contribution in [3.63, 3.8) is 0 Å². The summed E-state index contributed by atoms with van der Waals surface area (Å²) in [5.74, 6) is 1.36. The third kappa shape index (κ3) is 6.94. The number of nitrogens with zero attached hydrogens (tertiary/aromatic N) is 2. The lowest BCUT2D eigenvalue weighted by molar-refractivity contribution is -0.121. The quantitative estimate of drug-likeness (QED) is 0.132. The zero-order valence-corrected chi connectivity index (χ0v) is 32.9. The fourth-order valence-corrected chi connectivity index (χ4v) is 7.45. The normalized spacial score (nSPS) is 14.4. The molecule has 5 aromatic carbocycles. The third-order valence-electron chi connectivity index (χ3n) is 10.9. The van der Waals surface area contributed by atoms with E-state index in [2.05, 4.69) is 76.2 Å². The number of rotatable bonds is 10. The van der Waals surface area contributed by atoms with Gasteiger partial charge in [0.2, 0.25) is 0 Å². The number of benzene rings is 5. The summed E-state index contributed by atoms with van der Waals surface area (Å²) < 4.78 is 12.7. The monoisotopic (exact) mass is 744 g/mol. The van der Waals surface area contributed by atoms with Crippen molar-refractivity contribution in [2.24, 2.45) is 0 Å². The van der Waals surface area contributed by atoms with Crippen molar-refractivity contribution in [1.82, 2.24) is 0 Å². The van der Waals surface area contributed by atoms with Crippen molar-refractivity contribution in [1.29, 1.82) is 0 Å². The van der Waals surface area contributed by atoms with Gasteiger partial charge in [0.1, 0.15) is 23.0 Å². The van der Waals surface area contributed by atoms with Gasteiger partial charge < -0.3 is 9.47 Å². The Hall–Kier alpha value is -6.54. The van der Waals surface area contributed by atoms with E-state index >= 15 is 0 Å². The molecule has 0 unspecified atom stereocenters. The molecule has 0 N–H and O–H groups in total. The third-order valence-corrected chi connectivity index (χ3v) is 10.9. The summed E-state index contributed by atoms with van der Waals surface area (Å²) >= 11 is 0. The fourth-order valence-electron chi connectivity index (χ4n) is 7.45. The van der Waals surface area contributed by atoms with E-state index in [-0.39, 0.29) is 34.5 Å². The molecule has 2 aliphatic heterocycles. The molecule has 0 aromatic heterocycles. The molecule has 0 atom stereocenters. The first-order chi connectivity index (χ1) is 26.5. The average Bonchev–Trinajstić information content (AvgIpc) is 3.69. The smallest absolute Gasteiger partial charge is 0.258 e. The molecule has 8 nitrogen and oxygen atoms in total. The molecule has 0 spiro atoms. The van der Waals surface area contributed by atoms with Gasteiger partial charge in [0.25, 0.3) is 23.6 Å². The molecule has 7 rings (SSSR count). The molecule has 0 bridgehead atoms. The summed E-state index contributed by atoms with van der Waals surface area (Å²) in [6, 6.07) is 31.5. The van der Waals surface area contributed by atoms with Gasteiger partial charge in [-0.1, -0.05) is 76.2 Å². The van der Waals surface area contributed by atoms with Crippen molar-refractivity contribution < 1.29 is 28.7 Å². The highest BCUT2D eigenvalue weighted by molar-refractivity contribution is 6.28. The van der Waals surface area contributed by atoms with E-state index in [9.17, 15) is 19.2 Å². The van der Waals surface area contributed by atoms with Crippen LogP contribution in [0, 0.1) is 27.7 Å². The molecule has 4 amide bonds. The minimum absolute atomic E-state index is 0.290. The highest BCUT2D eigenvalue weighted by Crippen LogP contribution is 2.41. The molecule has 5 aromatic rings. The van der Waals surface area contributed by atoms with Crippen molar-refractivity contribution in [3.05, 3.63) is 166 Å². The lowest BCUT2D eigenvalue weighted by atomic mass is 9.74. The number of hydrogen-bond acceptors (Lipinski definition) is 6. The topological polar surface area (TPSA) is 93.2 Å². The first kappa shape index (κ1) is 37.8. The zero-order chi connectivity index (χ0) is 40.1. The van der Waals surface area contributed by atoms with Gasteiger partial charge in [0.15, 0.2) is 0 Å². The molecule has 0 fully saturated rings. The predicted octanol–water partition coefficient (Wildman–Crippen LogP) is 10.0. The number of carbonyl (C=O) groups excluding carboxylic acids is 4. The van der Waals surface area contributed by atoms with Gasteiger partial charge in [0.05, 0.1) is 11.4 Å². The van der Waals surface area contributed by atoms with E-state index in [0.717, 1.165) is 43.6 Å². The summed E-state index contributed by atoms with van der Waals surface area (Å²) in [7, 11) is 0. The Balaban J connectivity index is 1.05. The number of carbonyl (C=O) groups is 4. The van der Waals surface area contributed by atoms with Gasteiger partial charge in [-0.15, -0.1) is 0 Å². The minimum Gasteiger partial charge on any atom is -0.457 e. The van der Waals surface area contributed by atoms with Crippen molar-refractivity contribution >= 4 is 35.0 Å². The van der Waals surface area contributed by atoms with Crippen LogP contribution in [0.4, 0.5) is 11.4 Å². The van der Waals surface area contributed by atoms with E-state index in [4.69, 9.17) is 9.47 Å². The van der Waals surface area contributed by atoms with Crippen LogP contribution in [0.25, 0.3) is 0 Å². The molecule has 282 valence electrons. The van der Waals surface area contributed by atoms with Crippen LogP contribution < -0.4 is 19.3 Å². The second-order valence-corrected chi connectivity index (χ2v) is 15.6. The molecule has 0 aliphatic carbocycles. The minimum atomic E-state index is -0.354. The average molecular weight is 745 g/mol. The van der Waals surface area contributed by atoms with Gasteiger partial charge in [-0.05, 0) is 121 Å². The largest absolute Gasteiger partial charge is 0.457 e. The van der Waals surface area contributed by atoms with Crippen LogP contribution in [-0.2, 0) is 30.0 Å². The Morgan fingerprint density at radius 3 is 0.929 bits per heavy atom. The second kappa shape index (κ2) is 14.3. The number of aryl methyl sites for hydroxylation is 4. The standard InChI is InChI=1S/C48H44N2O6/c1-29-25-35(26-30(2)45(29)55-39-17-13-37(14-18-39)49-41(51)21-22-42(49)52)47(5,6)33-9-11-34(12-10-33)48(7,8)36-27-31(3)46(32(4)28-36)56-40-19-15-38(16-20-40)50-43(53)23-24-44(50)54/h9-28H,1-8H3. The van der Waals surface area contributed by atoms with Crippen LogP contribution in [0.3, 0.4) is 0 Å². The maximum absolute atomic E-state index is 12.1. The van der Waals surface area contributed by atoms with Crippen LogP contribution in [0.2, 0.25) is 0 Å². The highest BCUT2D eigenvalue weighted by atomic mass is 16.5. The molecule has 0 saturated carbocycles. The number of amides is 4. The molecule has 2 aliphatic rings. The molecule has 2 heterocycles. The maximum Gasteiger partial charge on any atom is 0.258 e. The van der Waals surface area contributed by atoms with Gasteiger partial charge in [-0.25, -0.2) is 9.80 Å². The number of hydrogen-bond donors (Lipinski definition) is 0. The summed E-state index contributed by atoms with van der Waals surface area (Å²) in [6.45, 7) is 17.1. The molecule has 56 heavy (non-hydrogen) atoms. The van der Waals surface area contributed by atoms with E-state index in [1.807, 2.05) is 27.7 Å². The van der Waals surface area contributed by atoms with Crippen LogP contribution in [-0.4, -0.2) is 23.6 Å². The number of anilines is 2. The first-order valence-corrected chi connectivity index (χ1v) is 18.6. The second-order valence-electron chi connectivity index (χ2n) is 15.6. The molecule has 0 saturated heterocycles. The summed E-state index contributed by atoms with van der Waals surface area (Å²) in [4.78, 5) is 50.6. The zero-order valence-electron chi connectivity index (χ0n) is 32.9. The van der Waals surface area contributed by atoms with Crippen LogP contribution in [0.1, 0.15) is 72.2 Å². The first-order valence-electron chi connectivity index (χ1n) is 18.6. The van der Waals surface area contributed by atoms with E-state index < -0.39 is 0 Å². The Labute approximate surface area is 327 Å². The van der Waals surface area contributed by atoms with Gasteiger partial charge in [-0.3, -0.25) is 19.2 Å². The van der Waals surface area contributed by atoms with Gasteiger partial charge >= 0.3 is 0 Å². The number of imide groups is 2. The summed E-state index contributed by atoms with van der Waals surface area (Å²) in [5, 5.41) is 0. The fraction of sp³-hybridized carbons (Fsp3) is 0.208. The maximum atomic E-state index is 12.1. The molecule has 0 radical (unpaired) electrons. The van der Waals surface area contributed by atoms with Gasteiger partial charge in [0, 0.05) is 35.1 Å². The molecular weight excluding hydrogens is 701 g/mol. The van der Waals surface area contributed by atoms with Gasteiger partial charge in [-0.2, -0.15) is 0 Å². The highest BCUT2D eigenvalue weighted by Gasteiger charge is 2.30. The predicted molar refractivity (Wildman–Crippen MR) is 219 cm³/mol. The Bertz CT molecular complexity index is 2220. The van der Waals surface area contributed by atoms with Crippen molar-refractivity contribution in [2.75, 3.05) is 9.80 Å². The lowest BCUT2D eigenvalue weighted by Gasteiger charge is -2.31. The summed E-state index contributed by atoms with van der Waals surface area (Å²) in [6.07, 6.45) is 5.08. The lowest BCUT2D eigenvalue weighted by Crippen LogP contribution is -2.29. The Morgan fingerprint density at radius 1 is 0.393 bits per heavy atom. The Morgan fingerprint density at radius 2 is 0.661 bits per heavy atom. The van der Waals surface area contributed by atoms with Crippen molar-refractivity contribution in [3.8, 4) is 23.0 Å². The number of ether oxygens (including phenoxy) is 2. The van der Waals surface area contributed by atoms with Crippen LogP contribution >= 0.6 is 0 Å². The SMILES string of the molecule is Cc1cc(C(C)(C)c2ccc(C(C)(C)c3cc(C)c(Oc4ccc(N5C(=O)C=CC5=O)cc4)c(C)c3)cc2)cc(C)c1Oc1ccc(N2C(=O)C=CC2=O)cc1. The van der Waals surface area contributed by atoms with Crippen LogP contribution in [0.5, 0.6) is 23.0 Å². The van der Waals surface area contributed by atoms with Crippen LogP contribution in [0.15, 0.2) is 121 Å². The van der Waals surface area contributed by atoms with E-state index in [1.165, 1.54) is 46.6 Å².